The number of fused-ring (bicyclic) bond motifs is 12. The van der Waals surface area contributed by atoms with Gasteiger partial charge in [-0.25, -0.2) is 0 Å². The first-order chi connectivity index (χ1) is 20.3. The second-order valence-electron chi connectivity index (χ2n) is 10.7. The van der Waals surface area contributed by atoms with E-state index in [4.69, 9.17) is 0 Å². The van der Waals surface area contributed by atoms with Gasteiger partial charge in [0.2, 0.25) is 0 Å². The number of hydrogen-bond donors (Lipinski definition) is 0. The van der Waals surface area contributed by atoms with Gasteiger partial charge < -0.3 is 14.6 Å². The van der Waals surface area contributed by atoms with Gasteiger partial charge in [0, 0.05) is 56.2 Å². The smallest absolute Gasteiger partial charge is 0.278 e. The molecule has 0 fully saturated rings. The minimum atomic E-state index is -0.101. The van der Waals surface area contributed by atoms with Crippen LogP contribution < -0.4 is 25.5 Å². The molecular weight excluding hydrogens is 696 g/mol. The molecule has 5 aromatic carbocycles. The van der Waals surface area contributed by atoms with Gasteiger partial charge in [0.05, 0.1) is 0 Å². The van der Waals surface area contributed by atoms with Gasteiger partial charge >= 0.3 is 0 Å². The zero-order valence-corrected chi connectivity index (χ0v) is 24.9. The molecule has 0 amide bonds. The summed E-state index contributed by atoms with van der Waals surface area (Å²) in [6.07, 6.45) is 3.78. The van der Waals surface area contributed by atoms with E-state index < -0.39 is 0 Å². The Morgan fingerprint density at radius 1 is 0.619 bits per heavy atom. The number of aromatic nitrogens is 2. The molecule has 7 heteroatoms. The van der Waals surface area contributed by atoms with Gasteiger partial charge in [-0.2, -0.15) is 47.0 Å². The van der Waals surface area contributed by atoms with Gasteiger partial charge in [-0.3, -0.25) is 4.68 Å². The van der Waals surface area contributed by atoms with E-state index in [1.807, 2.05) is 23.1 Å². The van der Waals surface area contributed by atoms with Crippen molar-refractivity contribution in [3.8, 4) is 27.9 Å². The van der Waals surface area contributed by atoms with Crippen molar-refractivity contribution in [1.29, 1.82) is 0 Å². The molecule has 204 valence electrons. The van der Waals surface area contributed by atoms with Gasteiger partial charge in [0.1, 0.15) is 0 Å². The molecule has 0 unspecified atom stereocenters. The van der Waals surface area contributed by atoms with Crippen molar-refractivity contribution in [2.24, 2.45) is 0 Å². The molecule has 3 aliphatic rings. The fraction of sp³-hybridized carbons (Fsp3) is 0.0286. The molecule has 1 aromatic heterocycles. The van der Waals surface area contributed by atoms with Gasteiger partial charge in [-0.1, -0.05) is 59.7 Å². The molecular formula is C35H23BN5Pt-3. The predicted octanol–water partition coefficient (Wildman–Crippen LogP) is 6.08. The van der Waals surface area contributed by atoms with Crippen molar-refractivity contribution in [2.75, 3.05) is 21.7 Å². The minimum Gasteiger partial charge on any atom is -0.504 e. The third-order valence-electron chi connectivity index (χ3n) is 8.45. The largest absolute Gasteiger partial charge is 0.504 e. The molecule has 42 heavy (non-hydrogen) atoms. The molecule has 0 radical (unpaired) electrons. The summed E-state index contributed by atoms with van der Waals surface area (Å²) in [6, 6.07) is 44.4. The van der Waals surface area contributed by atoms with Crippen molar-refractivity contribution in [3.63, 3.8) is 0 Å². The Morgan fingerprint density at radius 3 is 1.83 bits per heavy atom. The maximum absolute atomic E-state index is 4.51. The summed E-state index contributed by atoms with van der Waals surface area (Å²) in [5.41, 5.74) is 13.8. The van der Waals surface area contributed by atoms with Crippen molar-refractivity contribution in [1.82, 2.24) is 9.78 Å². The number of hydrogen-bond acceptors (Lipinski definition) is 4. The Balaban J connectivity index is 0.00000267. The first kappa shape index (κ1) is 25.2. The zero-order valence-electron chi connectivity index (χ0n) is 22.7. The van der Waals surface area contributed by atoms with E-state index in [9.17, 15) is 0 Å². The fourth-order valence-corrected chi connectivity index (χ4v) is 6.67. The minimum absolute atomic E-state index is 0. The summed E-state index contributed by atoms with van der Waals surface area (Å²) in [7, 11) is 2.09. The molecule has 6 aromatic rings. The van der Waals surface area contributed by atoms with Gasteiger partial charge in [-0.15, -0.1) is 28.9 Å². The molecule has 0 saturated carbocycles. The number of para-hydroxylation sites is 4. The number of rotatable bonds is 2. The van der Waals surface area contributed by atoms with Crippen LogP contribution in [0.25, 0.3) is 27.9 Å². The third-order valence-corrected chi connectivity index (χ3v) is 8.45. The molecule has 5 nitrogen and oxygen atoms in total. The van der Waals surface area contributed by atoms with E-state index in [-0.39, 0.29) is 27.9 Å². The SMILES string of the molecule is CN1[CH-]N(c2[c-]c3c(cc2)-c2ccccc2N2B3c3[c-]c(-n4cccn4)ccc3-c3ccccc32)c2ccccc21.[Pt]. The maximum Gasteiger partial charge on any atom is 0.278 e. The van der Waals surface area contributed by atoms with E-state index in [0.29, 0.717) is 0 Å². The Kier molecular flexibility index (Phi) is 5.70. The second-order valence-corrected chi connectivity index (χ2v) is 10.7. The summed E-state index contributed by atoms with van der Waals surface area (Å²) in [5.74, 6) is 0. The van der Waals surface area contributed by atoms with Crippen LogP contribution in [0.15, 0.2) is 116 Å². The van der Waals surface area contributed by atoms with Crippen molar-refractivity contribution in [2.45, 2.75) is 0 Å². The first-order valence-electron chi connectivity index (χ1n) is 13.8. The monoisotopic (exact) mass is 719 g/mol. The Hall–Kier alpha value is -4.54. The van der Waals surface area contributed by atoms with Crippen molar-refractivity contribution in [3.05, 3.63) is 134 Å². The zero-order chi connectivity index (χ0) is 27.1. The quantitative estimate of drug-likeness (QED) is 0.160. The predicted molar refractivity (Wildman–Crippen MR) is 167 cm³/mol. The average molecular weight is 719 g/mol. The van der Waals surface area contributed by atoms with E-state index in [0.717, 1.165) is 28.0 Å². The summed E-state index contributed by atoms with van der Waals surface area (Å²) in [5, 5.41) is 4.51. The van der Waals surface area contributed by atoms with E-state index in [1.165, 1.54) is 39.3 Å². The molecule has 0 N–H and O–H groups in total. The van der Waals surface area contributed by atoms with Crippen molar-refractivity contribution >= 4 is 46.2 Å². The van der Waals surface area contributed by atoms with Crippen LogP contribution in [0, 0.1) is 18.8 Å². The molecule has 3 aliphatic heterocycles. The first-order valence-corrected chi connectivity index (χ1v) is 13.8. The molecule has 4 heterocycles. The average Bonchev–Trinajstić information content (AvgIpc) is 3.69. The normalized spacial score (nSPS) is 13.8. The van der Waals surface area contributed by atoms with E-state index >= 15 is 0 Å². The standard InChI is InChI=1S/C35H23BN5.Pt/c1-38-23-39(35-14-7-6-13-34(35)38)24-15-17-26-28-9-2-4-11-32(28)41-33-12-5-3-10-29(33)27-18-16-25(40-20-8-19-37-40)22-31(27)36(41)30(26)21-24;/h2-20,23H,1H3;/q-3;. The molecule has 0 bridgehead atoms. The summed E-state index contributed by atoms with van der Waals surface area (Å²) in [4.78, 5) is 6.88. The summed E-state index contributed by atoms with van der Waals surface area (Å²) >= 11 is 0. The van der Waals surface area contributed by atoms with Crippen LogP contribution in [-0.4, -0.2) is 23.7 Å². The number of anilines is 5. The molecule has 9 rings (SSSR count). The van der Waals surface area contributed by atoms with Crippen LogP contribution in [0.3, 0.4) is 0 Å². The van der Waals surface area contributed by atoms with Crippen LogP contribution >= 0.6 is 0 Å². The van der Waals surface area contributed by atoms with Crippen LogP contribution in [0.1, 0.15) is 0 Å². The number of nitrogens with zero attached hydrogens (tertiary/aromatic N) is 5. The molecule has 0 spiro atoms. The van der Waals surface area contributed by atoms with Crippen LogP contribution in [0.2, 0.25) is 0 Å². The Bertz CT molecular complexity index is 1990. The van der Waals surface area contributed by atoms with Crippen molar-refractivity contribution < 1.29 is 21.1 Å². The molecule has 0 saturated heterocycles. The second kappa shape index (κ2) is 9.50. The van der Waals surface area contributed by atoms with Gasteiger partial charge in [0.15, 0.2) is 0 Å². The van der Waals surface area contributed by atoms with E-state index in [2.05, 4.69) is 143 Å². The molecule has 0 atom stereocenters. The van der Waals surface area contributed by atoms with E-state index in [1.54, 1.807) is 0 Å². The third kappa shape index (κ3) is 3.52. The Morgan fingerprint density at radius 2 is 1.19 bits per heavy atom. The summed E-state index contributed by atoms with van der Waals surface area (Å²) in [6.45, 7) is 2.04. The fourth-order valence-electron chi connectivity index (χ4n) is 6.67. The van der Waals surface area contributed by atoms with Crippen LogP contribution in [0.4, 0.5) is 28.4 Å². The van der Waals surface area contributed by atoms with Crippen LogP contribution in [0.5, 0.6) is 0 Å². The summed E-state index contributed by atoms with van der Waals surface area (Å²) < 4.78 is 1.88. The molecule has 0 aliphatic carbocycles. The topological polar surface area (TPSA) is 27.5 Å². The van der Waals surface area contributed by atoms with Crippen LogP contribution in [-0.2, 0) is 21.1 Å². The Labute approximate surface area is 260 Å². The maximum atomic E-state index is 4.51. The van der Waals surface area contributed by atoms with Gasteiger partial charge in [-0.05, 0) is 43.1 Å². The van der Waals surface area contributed by atoms with Gasteiger partial charge in [0.25, 0.3) is 6.85 Å². The number of benzene rings is 5.